The highest BCUT2D eigenvalue weighted by molar-refractivity contribution is 7.71. The van der Waals surface area contributed by atoms with Crippen molar-refractivity contribution in [2.75, 3.05) is 37.7 Å². The molecule has 0 spiro atoms. The van der Waals surface area contributed by atoms with Crippen LogP contribution < -0.4 is 9.64 Å². The van der Waals surface area contributed by atoms with Crippen LogP contribution in [0.2, 0.25) is 0 Å². The summed E-state index contributed by atoms with van der Waals surface area (Å²) < 4.78 is 8.93. The maximum atomic E-state index is 5.80. The van der Waals surface area contributed by atoms with Crippen molar-refractivity contribution in [1.29, 1.82) is 0 Å². The van der Waals surface area contributed by atoms with Crippen LogP contribution in [0.25, 0.3) is 10.9 Å². The summed E-state index contributed by atoms with van der Waals surface area (Å²) in [7, 11) is 0. The number of ether oxygens (including phenoxy) is 1. The van der Waals surface area contributed by atoms with Gasteiger partial charge in [-0.3, -0.25) is 4.90 Å². The van der Waals surface area contributed by atoms with E-state index in [1.54, 1.807) is 0 Å². The normalized spacial score (nSPS) is 15.2. The van der Waals surface area contributed by atoms with E-state index in [0.717, 1.165) is 43.2 Å². The number of hydrogen-bond donors (Lipinski definition) is 0. The lowest BCUT2D eigenvalue weighted by Gasteiger charge is -2.37. The molecule has 27 heavy (non-hydrogen) atoms. The van der Waals surface area contributed by atoms with Crippen LogP contribution in [-0.4, -0.2) is 42.3 Å². The van der Waals surface area contributed by atoms with Crippen molar-refractivity contribution >= 4 is 28.8 Å². The minimum absolute atomic E-state index is 0.691. The number of rotatable bonds is 5. The first-order valence-corrected chi connectivity index (χ1v) is 9.95. The summed E-state index contributed by atoms with van der Waals surface area (Å²) in [4.78, 5) is 4.89. The monoisotopic (exact) mass is 379 g/mol. The zero-order valence-electron chi connectivity index (χ0n) is 15.7. The predicted octanol–water partition coefficient (Wildman–Crippen LogP) is 4.55. The van der Waals surface area contributed by atoms with Crippen LogP contribution in [0, 0.1) is 4.64 Å². The maximum absolute atomic E-state index is 5.80. The summed E-state index contributed by atoms with van der Waals surface area (Å²) in [6.07, 6.45) is 0. The summed E-state index contributed by atoms with van der Waals surface area (Å²) in [5.41, 5.74) is 2.40. The van der Waals surface area contributed by atoms with Gasteiger partial charge >= 0.3 is 0 Å². The molecule has 5 heteroatoms. The molecular weight excluding hydrogens is 354 g/mol. The van der Waals surface area contributed by atoms with Gasteiger partial charge in [-0.25, -0.2) is 0 Å². The molecule has 1 aliphatic heterocycles. The molecule has 1 aliphatic rings. The molecule has 1 fully saturated rings. The second kappa shape index (κ2) is 8.11. The molecule has 2 heterocycles. The van der Waals surface area contributed by atoms with E-state index in [9.17, 15) is 0 Å². The molecule has 0 amide bonds. The highest BCUT2D eigenvalue weighted by atomic mass is 32.1. The fraction of sp³-hybridized carbons (Fsp3) is 0.318. The van der Waals surface area contributed by atoms with Gasteiger partial charge in [-0.1, -0.05) is 42.5 Å². The Morgan fingerprint density at radius 3 is 2.44 bits per heavy atom. The van der Waals surface area contributed by atoms with Gasteiger partial charge < -0.3 is 14.2 Å². The molecule has 0 atom stereocenters. The van der Waals surface area contributed by atoms with Crippen LogP contribution >= 0.6 is 12.2 Å². The molecule has 0 unspecified atom stereocenters. The molecule has 0 radical (unpaired) electrons. The Balaban J connectivity index is 1.48. The number of piperazine rings is 1. The second-order valence-electron chi connectivity index (χ2n) is 6.81. The van der Waals surface area contributed by atoms with Crippen molar-refractivity contribution in [2.24, 2.45) is 0 Å². The van der Waals surface area contributed by atoms with Crippen LogP contribution in [0.4, 0.5) is 5.69 Å². The lowest BCUT2D eigenvalue weighted by Crippen LogP contribution is -2.47. The van der Waals surface area contributed by atoms with Crippen LogP contribution in [0.15, 0.2) is 60.7 Å². The van der Waals surface area contributed by atoms with E-state index in [2.05, 4.69) is 62.9 Å². The Labute approximate surface area is 165 Å². The number of pyridine rings is 1. The first-order chi connectivity index (χ1) is 13.3. The SMILES string of the molecule is CCOc1ccccc1N1CCN(Cn2c(=S)ccc3ccccc32)CC1. The van der Waals surface area contributed by atoms with Crippen LogP contribution in [0.1, 0.15) is 6.92 Å². The molecule has 4 nitrogen and oxygen atoms in total. The van der Waals surface area contributed by atoms with Gasteiger partial charge in [-0.2, -0.15) is 0 Å². The van der Waals surface area contributed by atoms with Crippen LogP contribution in [-0.2, 0) is 6.67 Å². The lowest BCUT2D eigenvalue weighted by molar-refractivity contribution is 0.207. The fourth-order valence-corrected chi connectivity index (χ4v) is 3.94. The maximum Gasteiger partial charge on any atom is 0.142 e. The molecule has 140 valence electrons. The molecule has 0 N–H and O–H groups in total. The summed E-state index contributed by atoms with van der Waals surface area (Å²) in [5, 5.41) is 1.23. The number of aromatic nitrogens is 1. The molecule has 3 aromatic rings. The Bertz CT molecular complexity index is 976. The van der Waals surface area contributed by atoms with E-state index in [4.69, 9.17) is 17.0 Å². The second-order valence-corrected chi connectivity index (χ2v) is 7.22. The summed E-state index contributed by atoms with van der Waals surface area (Å²) in [6.45, 7) is 7.54. The quantitative estimate of drug-likeness (QED) is 0.606. The first kappa shape index (κ1) is 18.0. The van der Waals surface area contributed by atoms with Crippen molar-refractivity contribution < 1.29 is 4.74 Å². The van der Waals surface area contributed by atoms with E-state index >= 15 is 0 Å². The topological polar surface area (TPSA) is 20.6 Å². The average Bonchev–Trinajstić information content (AvgIpc) is 2.71. The van der Waals surface area contributed by atoms with Crippen molar-refractivity contribution in [1.82, 2.24) is 9.47 Å². The fourth-order valence-electron chi connectivity index (χ4n) is 3.72. The molecule has 0 bridgehead atoms. The van der Waals surface area contributed by atoms with Crippen molar-refractivity contribution in [3.63, 3.8) is 0 Å². The smallest absolute Gasteiger partial charge is 0.142 e. The molecule has 4 rings (SSSR count). The minimum atomic E-state index is 0.691. The summed E-state index contributed by atoms with van der Waals surface area (Å²) in [5.74, 6) is 0.977. The largest absolute Gasteiger partial charge is 0.492 e. The first-order valence-electron chi connectivity index (χ1n) is 9.54. The predicted molar refractivity (Wildman–Crippen MR) is 114 cm³/mol. The Morgan fingerprint density at radius 2 is 1.63 bits per heavy atom. The average molecular weight is 380 g/mol. The number of para-hydroxylation sites is 3. The summed E-state index contributed by atoms with van der Waals surface area (Å²) in [6, 6.07) is 20.9. The van der Waals surface area contributed by atoms with Gasteiger partial charge in [0.05, 0.1) is 24.5 Å². The third-order valence-electron chi connectivity index (χ3n) is 5.12. The minimum Gasteiger partial charge on any atom is -0.492 e. The third kappa shape index (κ3) is 3.84. The Hall–Kier alpha value is -2.37. The zero-order valence-corrected chi connectivity index (χ0v) is 16.5. The number of anilines is 1. The van der Waals surface area contributed by atoms with Crippen molar-refractivity contribution in [2.45, 2.75) is 13.6 Å². The van der Waals surface area contributed by atoms with Gasteiger partial charge in [0.15, 0.2) is 0 Å². The Kier molecular flexibility index (Phi) is 5.41. The van der Waals surface area contributed by atoms with Crippen molar-refractivity contribution in [3.8, 4) is 5.75 Å². The molecule has 0 aliphatic carbocycles. The van der Waals surface area contributed by atoms with Gasteiger partial charge in [-0.15, -0.1) is 0 Å². The third-order valence-corrected chi connectivity index (χ3v) is 5.48. The van der Waals surface area contributed by atoms with Crippen molar-refractivity contribution in [3.05, 3.63) is 65.3 Å². The molecule has 2 aromatic carbocycles. The van der Waals surface area contributed by atoms with Gasteiger partial charge in [-0.05, 0) is 42.6 Å². The molecule has 0 saturated carbocycles. The summed E-state index contributed by atoms with van der Waals surface area (Å²) >= 11 is 5.60. The highest BCUT2D eigenvalue weighted by Gasteiger charge is 2.20. The van der Waals surface area contributed by atoms with E-state index in [1.807, 2.05) is 19.1 Å². The number of fused-ring (bicyclic) bond motifs is 1. The highest BCUT2D eigenvalue weighted by Crippen LogP contribution is 2.29. The van der Waals surface area contributed by atoms with Gasteiger partial charge in [0.2, 0.25) is 0 Å². The Morgan fingerprint density at radius 1 is 0.889 bits per heavy atom. The number of nitrogens with zero attached hydrogens (tertiary/aromatic N) is 3. The molecule has 1 saturated heterocycles. The number of hydrogen-bond acceptors (Lipinski definition) is 4. The number of benzene rings is 2. The van der Waals surface area contributed by atoms with Gasteiger partial charge in [0.25, 0.3) is 0 Å². The van der Waals surface area contributed by atoms with E-state index in [0.29, 0.717) is 6.61 Å². The van der Waals surface area contributed by atoms with Gasteiger partial charge in [0.1, 0.15) is 10.4 Å². The lowest BCUT2D eigenvalue weighted by atomic mass is 10.2. The molecular formula is C22H25N3OS. The van der Waals surface area contributed by atoms with E-state index < -0.39 is 0 Å². The standard InChI is InChI=1S/C22H25N3OS/c1-2-26-21-10-6-5-9-20(21)24-15-13-23(14-16-24)17-25-19-8-4-3-7-18(19)11-12-22(25)27/h3-12H,2,13-17H2,1H3. The zero-order chi connectivity index (χ0) is 18.6. The molecule has 1 aromatic heterocycles. The van der Waals surface area contributed by atoms with E-state index in [1.165, 1.54) is 16.6 Å². The van der Waals surface area contributed by atoms with Crippen LogP contribution in [0.5, 0.6) is 5.75 Å². The van der Waals surface area contributed by atoms with E-state index in [-0.39, 0.29) is 0 Å². The van der Waals surface area contributed by atoms with Gasteiger partial charge in [0, 0.05) is 26.2 Å². The van der Waals surface area contributed by atoms with Crippen LogP contribution in [0.3, 0.4) is 0 Å².